The predicted octanol–water partition coefficient (Wildman–Crippen LogP) is 2.99. The minimum Gasteiger partial charge on any atom is -0.479 e. The SMILES string of the molecule is CC(C)CNC(=O)C(C)Oc1c(Cl)cc(Cl)cc1CN. The number of carbonyl (C=O) groups excluding carboxylic acids is 1. The van der Waals surface area contributed by atoms with Crippen LogP contribution in [0.25, 0.3) is 0 Å². The molecule has 20 heavy (non-hydrogen) atoms. The van der Waals surface area contributed by atoms with Gasteiger partial charge in [0.1, 0.15) is 5.75 Å². The fourth-order valence-electron chi connectivity index (χ4n) is 1.58. The van der Waals surface area contributed by atoms with Gasteiger partial charge in [0.25, 0.3) is 5.91 Å². The minimum absolute atomic E-state index is 0.187. The molecule has 3 N–H and O–H groups in total. The summed E-state index contributed by atoms with van der Waals surface area (Å²) in [7, 11) is 0. The molecule has 0 spiro atoms. The molecule has 1 aromatic rings. The topological polar surface area (TPSA) is 64.3 Å². The van der Waals surface area contributed by atoms with Crippen molar-refractivity contribution < 1.29 is 9.53 Å². The Morgan fingerprint density at radius 2 is 2.00 bits per heavy atom. The molecule has 6 heteroatoms. The highest BCUT2D eigenvalue weighted by Gasteiger charge is 2.18. The third-order valence-corrected chi connectivity index (χ3v) is 3.15. The zero-order chi connectivity index (χ0) is 15.3. The molecule has 0 aliphatic rings. The number of hydrogen-bond acceptors (Lipinski definition) is 3. The smallest absolute Gasteiger partial charge is 0.260 e. The molecule has 4 nitrogen and oxygen atoms in total. The fraction of sp³-hybridized carbons (Fsp3) is 0.500. The average Bonchev–Trinajstić information content (AvgIpc) is 2.38. The zero-order valence-electron chi connectivity index (χ0n) is 11.9. The Kier molecular flexibility index (Phi) is 6.59. The number of rotatable bonds is 6. The summed E-state index contributed by atoms with van der Waals surface area (Å²) in [6, 6.07) is 3.25. The number of carbonyl (C=O) groups is 1. The molecule has 1 amide bonds. The Labute approximate surface area is 129 Å². The Balaban J connectivity index is 2.80. The molecule has 0 aromatic heterocycles. The average molecular weight is 319 g/mol. The third-order valence-electron chi connectivity index (χ3n) is 2.65. The number of ether oxygens (including phenoxy) is 1. The van der Waals surface area contributed by atoms with Crippen LogP contribution in [0.1, 0.15) is 26.3 Å². The molecular weight excluding hydrogens is 299 g/mol. The standard InChI is InChI=1S/C14H20Cl2N2O2/c1-8(2)7-18-14(19)9(3)20-13-10(6-17)4-11(15)5-12(13)16/h4-5,8-9H,6-7,17H2,1-3H3,(H,18,19). The van der Waals surface area contributed by atoms with Crippen molar-refractivity contribution in [3.63, 3.8) is 0 Å². The van der Waals surface area contributed by atoms with E-state index < -0.39 is 6.10 Å². The van der Waals surface area contributed by atoms with Gasteiger partial charge in [0, 0.05) is 23.7 Å². The number of nitrogens with one attached hydrogen (secondary N) is 1. The van der Waals surface area contributed by atoms with Gasteiger partial charge in [-0.05, 0) is 25.0 Å². The lowest BCUT2D eigenvalue weighted by molar-refractivity contribution is -0.127. The van der Waals surface area contributed by atoms with Gasteiger partial charge in [0.2, 0.25) is 0 Å². The molecule has 1 unspecified atom stereocenters. The van der Waals surface area contributed by atoms with Gasteiger partial charge in [-0.2, -0.15) is 0 Å². The number of hydrogen-bond donors (Lipinski definition) is 2. The van der Waals surface area contributed by atoms with Crippen molar-refractivity contribution in [2.75, 3.05) is 6.54 Å². The summed E-state index contributed by atoms with van der Waals surface area (Å²) in [5, 5.41) is 3.64. The highest BCUT2D eigenvalue weighted by molar-refractivity contribution is 6.35. The van der Waals surface area contributed by atoms with Crippen LogP contribution in [0, 0.1) is 5.92 Å². The highest BCUT2D eigenvalue weighted by atomic mass is 35.5. The summed E-state index contributed by atoms with van der Waals surface area (Å²) in [6.45, 7) is 6.55. The molecule has 1 rings (SSSR count). The number of amides is 1. The molecule has 112 valence electrons. The molecule has 0 fully saturated rings. The number of nitrogens with two attached hydrogens (primary N) is 1. The molecular formula is C14H20Cl2N2O2. The van der Waals surface area contributed by atoms with E-state index in [9.17, 15) is 4.79 Å². The van der Waals surface area contributed by atoms with Crippen molar-refractivity contribution in [2.45, 2.75) is 33.4 Å². The van der Waals surface area contributed by atoms with Crippen molar-refractivity contribution in [2.24, 2.45) is 11.7 Å². The quantitative estimate of drug-likeness (QED) is 0.847. The fourth-order valence-corrected chi connectivity index (χ4v) is 2.16. The van der Waals surface area contributed by atoms with E-state index in [2.05, 4.69) is 5.32 Å². The Morgan fingerprint density at radius 1 is 1.35 bits per heavy atom. The molecule has 0 bridgehead atoms. The van der Waals surface area contributed by atoms with E-state index in [4.69, 9.17) is 33.7 Å². The minimum atomic E-state index is -0.655. The van der Waals surface area contributed by atoms with E-state index in [1.165, 1.54) is 0 Å². The second-order valence-electron chi connectivity index (χ2n) is 4.98. The zero-order valence-corrected chi connectivity index (χ0v) is 13.4. The third kappa shape index (κ3) is 4.85. The number of benzene rings is 1. The normalized spacial score (nSPS) is 12.3. The van der Waals surface area contributed by atoms with E-state index in [1.807, 2.05) is 13.8 Å². The van der Waals surface area contributed by atoms with Crippen molar-refractivity contribution in [3.05, 3.63) is 27.7 Å². The van der Waals surface area contributed by atoms with E-state index >= 15 is 0 Å². The van der Waals surface area contributed by atoms with Gasteiger partial charge in [0.15, 0.2) is 6.10 Å². The van der Waals surface area contributed by atoms with Crippen LogP contribution in [0.4, 0.5) is 0 Å². The second kappa shape index (κ2) is 7.72. The molecule has 1 aromatic carbocycles. The second-order valence-corrected chi connectivity index (χ2v) is 5.82. The Morgan fingerprint density at radius 3 is 2.55 bits per heavy atom. The first kappa shape index (κ1) is 17.1. The first-order chi connectivity index (χ1) is 9.35. The van der Waals surface area contributed by atoms with Crippen LogP contribution in [0.5, 0.6) is 5.75 Å². The summed E-state index contributed by atoms with van der Waals surface area (Å²) < 4.78 is 5.63. The van der Waals surface area contributed by atoms with Gasteiger partial charge < -0.3 is 15.8 Å². The maximum atomic E-state index is 11.9. The molecule has 0 saturated carbocycles. The summed E-state index contributed by atoms with van der Waals surface area (Å²) in [6.07, 6.45) is -0.655. The lowest BCUT2D eigenvalue weighted by atomic mass is 10.2. The largest absolute Gasteiger partial charge is 0.479 e. The molecule has 0 heterocycles. The molecule has 1 atom stereocenters. The van der Waals surface area contributed by atoms with Crippen molar-refractivity contribution in [1.29, 1.82) is 0 Å². The van der Waals surface area contributed by atoms with Crippen LogP contribution in [-0.4, -0.2) is 18.6 Å². The Bertz CT molecular complexity index is 478. The van der Waals surface area contributed by atoms with Crippen molar-refractivity contribution in [1.82, 2.24) is 5.32 Å². The maximum Gasteiger partial charge on any atom is 0.260 e. The van der Waals surface area contributed by atoms with Gasteiger partial charge in [-0.25, -0.2) is 0 Å². The number of halogens is 2. The van der Waals surface area contributed by atoms with Gasteiger partial charge in [-0.1, -0.05) is 37.0 Å². The van der Waals surface area contributed by atoms with Crippen LogP contribution in [0.15, 0.2) is 12.1 Å². The van der Waals surface area contributed by atoms with Crippen LogP contribution < -0.4 is 15.8 Å². The Hall–Kier alpha value is -0.970. The summed E-state index contributed by atoms with van der Waals surface area (Å²) in [5.74, 6) is 0.600. The van der Waals surface area contributed by atoms with Crippen LogP contribution in [-0.2, 0) is 11.3 Å². The molecule has 0 saturated heterocycles. The highest BCUT2D eigenvalue weighted by Crippen LogP contribution is 2.32. The van der Waals surface area contributed by atoms with E-state index in [1.54, 1.807) is 19.1 Å². The first-order valence-electron chi connectivity index (χ1n) is 6.47. The van der Waals surface area contributed by atoms with Gasteiger partial charge >= 0.3 is 0 Å². The molecule has 0 radical (unpaired) electrons. The van der Waals surface area contributed by atoms with Crippen LogP contribution >= 0.6 is 23.2 Å². The van der Waals surface area contributed by atoms with Crippen molar-refractivity contribution in [3.8, 4) is 5.75 Å². The maximum absolute atomic E-state index is 11.9. The summed E-state index contributed by atoms with van der Waals surface area (Å²) >= 11 is 12.0. The van der Waals surface area contributed by atoms with Crippen molar-refractivity contribution >= 4 is 29.1 Å². The van der Waals surface area contributed by atoms with E-state index in [0.29, 0.717) is 33.8 Å². The van der Waals surface area contributed by atoms with Gasteiger partial charge in [-0.3, -0.25) is 4.79 Å². The van der Waals surface area contributed by atoms with Crippen LogP contribution in [0.2, 0.25) is 10.0 Å². The van der Waals surface area contributed by atoms with Gasteiger partial charge in [-0.15, -0.1) is 0 Å². The summed E-state index contributed by atoms with van der Waals surface area (Å²) in [4.78, 5) is 11.9. The molecule has 0 aliphatic heterocycles. The molecule has 0 aliphatic carbocycles. The van der Waals surface area contributed by atoms with E-state index in [0.717, 1.165) is 0 Å². The first-order valence-corrected chi connectivity index (χ1v) is 7.23. The van der Waals surface area contributed by atoms with E-state index in [-0.39, 0.29) is 12.5 Å². The lowest BCUT2D eigenvalue weighted by Gasteiger charge is -2.18. The monoisotopic (exact) mass is 318 g/mol. The predicted molar refractivity (Wildman–Crippen MR) is 82.3 cm³/mol. The lowest BCUT2D eigenvalue weighted by Crippen LogP contribution is -2.38. The van der Waals surface area contributed by atoms with Crippen LogP contribution in [0.3, 0.4) is 0 Å². The summed E-state index contributed by atoms with van der Waals surface area (Å²) in [5.41, 5.74) is 6.31. The van der Waals surface area contributed by atoms with Gasteiger partial charge in [0.05, 0.1) is 5.02 Å².